The van der Waals surface area contributed by atoms with E-state index in [1.165, 1.54) is 6.33 Å². The van der Waals surface area contributed by atoms with E-state index in [1.807, 2.05) is 17.2 Å². The highest BCUT2D eigenvalue weighted by atomic mass is 15.4. The maximum atomic E-state index is 9.22. The molecule has 0 aliphatic carbocycles. The Bertz CT molecular complexity index is 1010. The van der Waals surface area contributed by atoms with Crippen LogP contribution in [-0.4, -0.2) is 49.3 Å². The molecule has 1 aliphatic heterocycles. The van der Waals surface area contributed by atoms with Gasteiger partial charge in [0.05, 0.1) is 36.4 Å². The number of anilines is 1. The van der Waals surface area contributed by atoms with E-state index < -0.39 is 5.54 Å². The van der Waals surface area contributed by atoms with Crippen molar-refractivity contribution in [3.63, 3.8) is 0 Å². The molecule has 9 heteroatoms. The summed E-state index contributed by atoms with van der Waals surface area (Å²) in [6.45, 7) is 1.53. The van der Waals surface area contributed by atoms with Crippen LogP contribution in [0.4, 0.5) is 5.82 Å². The molecule has 25 heavy (non-hydrogen) atoms. The number of nitrogens with zero attached hydrogens (tertiary/aromatic N) is 7. The maximum Gasteiger partial charge on any atom is 0.154 e. The summed E-state index contributed by atoms with van der Waals surface area (Å²) in [5.41, 5.74) is 7.84. The molecule has 0 atom stereocenters. The first-order valence-electron chi connectivity index (χ1n) is 7.77. The second-order valence-corrected chi connectivity index (χ2v) is 6.20. The number of rotatable bonds is 4. The van der Waals surface area contributed by atoms with Crippen LogP contribution in [-0.2, 0) is 5.54 Å². The fraction of sp³-hybridized carbons (Fsp3) is 0.312. The number of fused-ring (bicyclic) bond motifs is 1. The van der Waals surface area contributed by atoms with Gasteiger partial charge in [0.2, 0.25) is 0 Å². The third kappa shape index (κ3) is 2.30. The van der Waals surface area contributed by atoms with Crippen LogP contribution >= 0.6 is 0 Å². The van der Waals surface area contributed by atoms with Crippen LogP contribution in [0, 0.1) is 22.7 Å². The van der Waals surface area contributed by atoms with Gasteiger partial charge >= 0.3 is 0 Å². The molecule has 4 heterocycles. The zero-order valence-electron chi connectivity index (χ0n) is 13.3. The fourth-order valence-electron chi connectivity index (χ4n) is 3.38. The van der Waals surface area contributed by atoms with Gasteiger partial charge in [-0.15, -0.1) is 0 Å². The van der Waals surface area contributed by atoms with Crippen LogP contribution in [0.15, 0.2) is 24.8 Å². The van der Waals surface area contributed by atoms with Crippen LogP contribution in [0.5, 0.6) is 0 Å². The predicted octanol–water partition coefficient (Wildman–Crippen LogP) is 0.852. The minimum Gasteiger partial charge on any atom is -0.382 e. The van der Waals surface area contributed by atoms with E-state index >= 15 is 0 Å². The molecule has 3 aromatic rings. The Balaban J connectivity index is 1.74. The van der Waals surface area contributed by atoms with Gasteiger partial charge in [0, 0.05) is 30.9 Å². The van der Waals surface area contributed by atoms with E-state index in [0.29, 0.717) is 43.1 Å². The predicted molar refractivity (Wildman–Crippen MR) is 89.8 cm³/mol. The number of nitrogens with two attached hydrogens (primary N) is 1. The van der Waals surface area contributed by atoms with Crippen molar-refractivity contribution in [1.82, 2.24) is 29.6 Å². The van der Waals surface area contributed by atoms with E-state index in [9.17, 15) is 5.26 Å². The van der Waals surface area contributed by atoms with E-state index in [0.717, 1.165) is 11.0 Å². The number of likely N-dealkylation sites (tertiary alicyclic amines) is 1. The molecule has 4 rings (SSSR count). The van der Waals surface area contributed by atoms with Gasteiger partial charge in [-0.1, -0.05) is 0 Å². The second-order valence-electron chi connectivity index (χ2n) is 6.20. The highest BCUT2D eigenvalue weighted by Gasteiger charge is 2.45. The Morgan fingerprint density at radius 1 is 1.28 bits per heavy atom. The minimum atomic E-state index is -0.456. The van der Waals surface area contributed by atoms with Crippen molar-refractivity contribution in [2.24, 2.45) is 0 Å². The van der Waals surface area contributed by atoms with Gasteiger partial charge in [-0.05, 0) is 6.07 Å². The summed E-state index contributed by atoms with van der Waals surface area (Å²) in [7, 11) is 0. The number of hydrogen-bond acceptors (Lipinski definition) is 7. The van der Waals surface area contributed by atoms with Gasteiger partial charge in [0.1, 0.15) is 17.5 Å². The summed E-state index contributed by atoms with van der Waals surface area (Å²) in [5.74, 6) is 0.359. The molecule has 9 nitrogen and oxygen atoms in total. The van der Waals surface area contributed by atoms with E-state index in [1.54, 1.807) is 10.9 Å². The average Bonchev–Trinajstić information content (AvgIpc) is 3.19. The van der Waals surface area contributed by atoms with Gasteiger partial charge in [-0.2, -0.15) is 15.6 Å². The Morgan fingerprint density at radius 2 is 2.12 bits per heavy atom. The Morgan fingerprint density at radius 3 is 2.88 bits per heavy atom. The number of hydrogen-bond donors (Lipinski definition) is 2. The van der Waals surface area contributed by atoms with Crippen molar-refractivity contribution < 1.29 is 0 Å². The molecular formula is C16H15N9. The molecule has 1 fully saturated rings. The zero-order chi connectivity index (χ0) is 17.4. The third-order valence-corrected chi connectivity index (χ3v) is 4.58. The molecule has 0 radical (unpaired) electrons. The Hall–Kier alpha value is -3.43. The van der Waals surface area contributed by atoms with E-state index in [-0.39, 0.29) is 0 Å². The summed E-state index contributed by atoms with van der Waals surface area (Å²) in [6, 6.07) is 6.25. The summed E-state index contributed by atoms with van der Waals surface area (Å²) < 4.78 is 1.76. The van der Waals surface area contributed by atoms with Gasteiger partial charge in [-0.25, -0.2) is 9.97 Å². The summed E-state index contributed by atoms with van der Waals surface area (Å²) >= 11 is 0. The largest absolute Gasteiger partial charge is 0.382 e. The molecule has 1 aliphatic rings. The normalized spacial score (nSPS) is 16.2. The van der Waals surface area contributed by atoms with Crippen LogP contribution in [0.1, 0.15) is 6.42 Å². The molecule has 3 N–H and O–H groups in total. The lowest BCUT2D eigenvalue weighted by Gasteiger charge is -2.48. The van der Waals surface area contributed by atoms with E-state index in [2.05, 4.69) is 32.2 Å². The molecule has 0 spiro atoms. The molecule has 1 saturated heterocycles. The second kappa shape index (κ2) is 5.58. The quantitative estimate of drug-likeness (QED) is 0.675. The number of nitrogens with one attached hydrogen (secondary N) is 1. The maximum absolute atomic E-state index is 9.22. The van der Waals surface area contributed by atoms with Gasteiger partial charge in [0.25, 0.3) is 0 Å². The lowest BCUT2D eigenvalue weighted by Crippen LogP contribution is -2.62. The number of aromatic amines is 1. The van der Waals surface area contributed by atoms with Gasteiger partial charge in [0.15, 0.2) is 5.82 Å². The lowest BCUT2D eigenvalue weighted by molar-refractivity contribution is 0.0159. The molecule has 0 aromatic carbocycles. The number of nitrogen functional groups attached to an aromatic ring is 1. The van der Waals surface area contributed by atoms with Crippen molar-refractivity contribution >= 4 is 16.9 Å². The molecule has 0 unspecified atom stereocenters. The van der Waals surface area contributed by atoms with Crippen LogP contribution < -0.4 is 5.73 Å². The highest BCUT2D eigenvalue weighted by molar-refractivity contribution is 5.92. The molecule has 0 bridgehead atoms. The van der Waals surface area contributed by atoms with Gasteiger partial charge < -0.3 is 10.7 Å². The topological polar surface area (TPSA) is 136 Å². The highest BCUT2D eigenvalue weighted by Crippen LogP contribution is 2.36. The first-order chi connectivity index (χ1) is 12.2. The lowest BCUT2D eigenvalue weighted by atomic mass is 9.87. The standard InChI is InChI=1S/C16H15N9/c17-3-2-16(8-24(9-16)6-4-18)25-7-12(14(19)23-25)13-11-1-5-20-15(11)22-10-21-13/h1,5,7,10H,2,6,8-9H2,(H2,19,23)(H,20,21,22). The molecule has 0 amide bonds. The first kappa shape index (κ1) is 15.1. The van der Waals surface area contributed by atoms with Crippen molar-refractivity contribution in [2.75, 3.05) is 25.4 Å². The Labute approximate surface area is 143 Å². The summed E-state index contributed by atoms with van der Waals surface area (Å²) in [4.78, 5) is 13.6. The smallest absolute Gasteiger partial charge is 0.154 e. The monoisotopic (exact) mass is 333 g/mol. The van der Waals surface area contributed by atoms with Crippen LogP contribution in [0.25, 0.3) is 22.3 Å². The number of aromatic nitrogens is 5. The van der Waals surface area contributed by atoms with Gasteiger partial charge in [-0.3, -0.25) is 9.58 Å². The Kier molecular flexibility index (Phi) is 3.38. The van der Waals surface area contributed by atoms with Crippen molar-refractivity contribution in [1.29, 1.82) is 10.5 Å². The molecular weight excluding hydrogens is 318 g/mol. The average molecular weight is 333 g/mol. The van der Waals surface area contributed by atoms with Crippen LogP contribution in [0.3, 0.4) is 0 Å². The first-order valence-corrected chi connectivity index (χ1v) is 7.77. The van der Waals surface area contributed by atoms with Crippen molar-refractivity contribution in [3.8, 4) is 23.4 Å². The minimum absolute atomic E-state index is 0.304. The number of H-pyrrole nitrogens is 1. The van der Waals surface area contributed by atoms with E-state index in [4.69, 9.17) is 11.0 Å². The summed E-state index contributed by atoms with van der Waals surface area (Å²) in [6.07, 6.45) is 5.42. The van der Waals surface area contributed by atoms with Crippen molar-refractivity contribution in [3.05, 3.63) is 24.8 Å². The number of nitriles is 2. The van der Waals surface area contributed by atoms with Crippen LogP contribution in [0.2, 0.25) is 0 Å². The molecule has 0 saturated carbocycles. The SMILES string of the molecule is N#CCN1CC(CC#N)(n2cc(-c3ncnc4[nH]ccc34)c(N)n2)C1. The third-order valence-electron chi connectivity index (χ3n) is 4.58. The fourth-order valence-corrected chi connectivity index (χ4v) is 3.38. The van der Waals surface area contributed by atoms with Crippen molar-refractivity contribution in [2.45, 2.75) is 12.0 Å². The zero-order valence-corrected chi connectivity index (χ0v) is 13.3. The molecule has 124 valence electrons. The summed E-state index contributed by atoms with van der Waals surface area (Å²) in [5, 5.41) is 23.4. The molecule has 3 aromatic heterocycles.